The van der Waals surface area contributed by atoms with Crippen LogP contribution in [0.3, 0.4) is 0 Å². The van der Waals surface area contributed by atoms with E-state index in [0.29, 0.717) is 17.3 Å². The average Bonchev–Trinajstić information content (AvgIpc) is 3.38. The summed E-state index contributed by atoms with van der Waals surface area (Å²) in [5.74, 6) is -0.155. The maximum absolute atomic E-state index is 12.6. The van der Waals surface area contributed by atoms with E-state index in [2.05, 4.69) is 10.6 Å². The van der Waals surface area contributed by atoms with Crippen molar-refractivity contribution in [3.63, 3.8) is 0 Å². The molecule has 1 aliphatic carbocycles. The van der Waals surface area contributed by atoms with E-state index < -0.39 is 4.92 Å². The van der Waals surface area contributed by atoms with Gasteiger partial charge in [0.15, 0.2) is 0 Å². The first-order valence-corrected chi connectivity index (χ1v) is 8.09. The number of halogens is 1. The largest absolute Gasteiger partial charge is 0.377 e. The molecular formula is C16H23ClN4O3. The van der Waals surface area contributed by atoms with E-state index in [1.54, 1.807) is 24.1 Å². The molecule has 0 radical (unpaired) electrons. The summed E-state index contributed by atoms with van der Waals surface area (Å²) in [6.45, 7) is 1.79. The van der Waals surface area contributed by atoms with Crippen LogP contribution in [0.25, 0.3) is 0 Å². The Kier molecular flexibility index (Phi) is 6.01. The summed E-state index contributed by atoms with van der Waals surface area (Å²) in [5.41, 5.74) is 0.846. The van der Waals surface area contributed by atoms with Crippen molar-refractivity contribution in [1.29, 1.82) is 0 Å². The minimum Gasteiger partial charge on any atom is -0.377 e. The summed E-state index contributed by atoms with van der Waals surface area (Å²) >= 11 is 0. The maximum Gasteiger partial charge on any atom is 0.293 e. The Balaban J connectivity index is 0.00000208. The smallest absolute Gasteiger partial charge is 0.293 e. The molecule has 0 spiro atoms. The highest BCUT2D eigenvalue weighted by Gasteiger charge is 2.27. The topological polar surface area (TPSA) is 87.5 Å². The molecule has 1 saturated heterocycles. The molecule has 1 saturated carbocycles. The molecule has 2 aliphatic rings. The Morgan fingerprint density at radius 1 is 1.29 bits per heavy atom. The number of carbonyl (C=O) groups excluding carboxylic acids is 1. The second-order valence-electron chi connectivity index (χ2n) is 6.30. The van der Waals surface area contributed by atoms with Gasteiger partial charge >= 0.3 is 0 Å². The van der Waals surface area contributed by atoms with E-state index in [-0.39, 0.29) is 30.0 Å². The van der Waals surface area contributed by atoms with Gasteiger partial charge in [-0.05, 0) is 50.9 Å². The monoisotopic (exact) mass is 354 g/mol. The van der Waals surface area contributed by atoms with Crippen molar-refractivity contribution in [2.45, 2.75) is 37.8 Å². The van der Waals surface area contributed by atoms with Gasteiger partial charge in [-0.3, -0.25) is 14.9 Å². The number of nitrogens with zero attached hydrogens (tertiary/aromatic N) is 2. The third-order valence-electron chi connectivity index (χ3n) is 4.56. The molecule has 1 heterocycles. The molecule has 2 N–H and O–H groups in total. The Hall–Kier alpha value is -1.86. The van der Waals surface area contributed by atoms with E-state index >= 15 is 0 Å². The van der Waals surface area contributed by atoms with Crippen LogP contribution in [0, 0.1) is 10.1 Å². The molecule has 0 aromatic heterocycles. The Labute approximate surface area is 147 Å². The van der Waals surface area contributed by atoms with Gasteiger partial charge in [0.2, 0.25) is 0 Å². The van der Waals surface area contributed by atoms with Crippen LogP contribution in [0.4, 0.5) is 11.4 Å². The summed E-state index contributed by atoms with van der Waals surface area (Å²) in [7, 11) is 1.78. The number of piperidine rings is 1. The van der Waals surface area contributed by atoms with Crippen LogP contribution in [0.2, 0.25) is 0 Å². The molecule has 1 aliphatic heterocycles. The van der Waals surface area contributed by atoms with Gasteiger partial charge in [0.05, 0.1) is 4.92 Å². The van der Waals surface area contributed by atoms with Gasteiger partial charge in [-0.2, -0.15) is 0 Å². The summed E-state index contributed by atoms with van der Waals surface area (Å²) in [6.07, 6.45) is 3.89. The molecule has 3 rings (SSSR count). The molecule has 7 nitrogen and oxygen atoms in total. The molecule has 1 aromatic carbocycles. The molecule has 24 heavy (non-hydrogen) atoms. The highest BCUT2D eigenvalue weighted by molar-refractivity contribution is 5.95. The molecule has 0 atom stereocenters. The van der Waals surface area contributed by atoms with Crippen LogP contribution >= 0.6 is 12.4 Å². The molecular weight excluding hydrogens is 332 g/mol. The fourth-order valence-corrected chi connectivity index (χ4v) is 2.95. The Morgan fingerprint density at radius 2 is 1.96 bits per heavy atom. The average molecular weight is 355 g/mol. The molecule has 1 amide bonds. The van der Waals surface area contributed by atoms with E-state index in [4.69, 9.17) is 0 Å². The first-order valence-electron chi connectivity index (χ1n) is 8.09. The maximum atomic E-state index is 12.6. The summed E-state index contributed by atoms with van der Waals surface area (Å²) in [6, 6.07) is 5.24. The lowest BCUT2D eigenvalue weighted by Crippen LogP contribution is -2.43. The van der Waals surface area contributed by atoms with Crippen LogP contribution < -0.4 is 10.6 Å². The van der Waals surface area contributed by atoms with E-state index in [0.717, 1.165) is 38.8 Å². The number of hydrogen-bond donors (Lipinski definition) is 2. The van der Waals surface area contributed by atoms with E-state index in [1.807, 2.05) is 0 Å². The lowest BCUT2D eigenvalue weighted by Gasteiger charge is -2.31. The van der Waals surface area contributed by atoms with Gasteiger partial charge in [-0.1, -0.05) is 0 Å². The minimum absolute atomic E-state index is 0. The second kappa shape index (κ2) is 7.81. The molecule has 132 valence electrons. The predicted octanol–water partition coefficient (Wildman–Crippen LogP) is 2.41. The minimum atomic E-state index is -0.425. The van der Waals surface area contributed by atoms with E-state index in [9.17, 15) is 14.9 Å². The lowest BCUT2D eigenvalue weighted by atomic mass is 10.0. The van der Waals surface area contributed by atoms with E-state index in [1.165, 1.54) is 6.07 Å². The third kappa shape index (κ3) is 4.15. The highest BCUT2D eigenvalue weighted by atomic mass is 35.5. The Bertz CT molecular complexity index is 615. The standard InChI is InChI=1S/C16H22N4O3.ClH/c1-19(13-6-8-17-9-7-13)16(21)11-2-5-14(18-12-3-4-12)15(10-11)20(22)23;/h2,5,10,12-13,17-18H,3-4,6-9H2,1H3;1H. The van der Waals surface area contributed by atoms with Crippen molar-refractivity contribution in [3.8, 4) is 0 Å². The zero-order chi connectivity index (χ0) is 16.4. The van der Waals surface area contributed by atoms with Gasteiger partial charge in [0.25, 0.3) is 11.6 Å². The predicted molar refractivity (Wildman–Crippen MR) is 95.0 cm³/mol. The van der Waals surface area contributed by atoms with Crippen LogP contribution in [-0.2, 0) is 0 Å². The van der Waals surface area contributed by atoms with Crippen molar-refractivity contribution in [2.75, 3.05) is 25.5 Å². The van der Waals surface area contributed by atoms with Crippen molar-refractivity contribution >= 4 is 29.7 Å². The quantitative estimate of drug-likeness (QED) is 0.626. The summed E-state index contributed by atoms with van der Waals surface area (Å²) in [5, 5.41) is 17.7. The van der Waals surface area contributed by atoms with Gasteiger partial charge < -0.3 is 15.5 Å². The second-order valence-corrected chi connectivity index (χ2v) is 6.30. The van der Waals surface area contributed by atoms with Gasteiger partial charge in [-0.15, -0.1) is 12.4 Å². The highest BCUT2D eigenvalue weighted by Crippen LogP contribution is 2.32. The third-order valence-corrected chi connectivity index (χ3v) is 4.56. The SMILES string of the molecule is CN(C(=O)c1ccc(NC2CC2)c([N+](=O)[O-])c1)C1CCNCC1.Cl. The van der Waals surface area contributed by atoms with Gasteiger partial charge in [0, 0.05) is 30.8 Å². The molecule has 0 bridgehead atoms. The molecule has 2 fully saturated rings. The van der Waals surface area contributed by atoms with Crippen LogP contribution in [0.1, 0.15) is 36.0 Å². The summed E-state index contributed by atoms with van der Waals surface area (Å²) in [4.78, 5) is 25.2. The number of amides is 1. The van der Waals surface area contributed by atoms with Gasteiger partial charge in [0.1, 0.15) is 5.69 Å². The van der Waals surface area contributed by atoms with Crippen LogP contribution in [0.15, 0.2) is 18.2 Å². The number of nitro groups is 1. The molecule has 1 aromatic rings. The lowest BCUT2D eigenvalue weighted by molar-refractivity contribution is -0.384. The number of carbonyl (C=O) groups is 1. The fraction of sp³-hybridized carbons (Fsp3) is 0.562. The van der Waals surface area contributed by atoms with Crippen molar-refractivity contribution in [2.24, 2.45) is 0 Å². The van der Waals surface area contributed by atoms with Crippen molar-refractivity contribution in [3.05, 3.63) is 33.9 Å². The first-order chi connectivity index (χ1) is 11.1. The number of nitro benzene ring substituents is 1. The first kappa shape index (κ1) is 18.5. The zero-order valence-corrected chi connectivity index (χ0v) is 14.5. The number of nitrogens with one attached hydrogen (secondary N) is 2. The number of anilines is 1. The summed E-state index contributed by atoms with van der Waals surface area (Å²) < 4.78 is 0. The van der Waals surface area contributed by atoms with Crippen LogP contribution in [-0.4, -0.2) is 48.0 Å². The van der Waals surface area contributed by atoms with Crippen molar-refractivity contribution < 1.29 is 9.72 Å². The molecule has 8 heteroatoms. The van der Waals surface area contributed by atoms with Crippen LogP contribution in [0.5, 0.6) is 0 Å². The number of hydrogen-bond acceptors (Lipinski definition) is 5. The number of benzene rings is 1. The number of rotatable bonds is 5. The van der Waals surface area contributed by atoms with Gasteiger partial charge in [-0.25, -0.2) is 0 Å². The zero-order valence-electron chi connectivity index (χ0n) is 13.7. The fourth-order valence-electron chi connectivity index (χ4n) is 2.95. The van der Waals surface area contributed by atoms with Crippen molar-refractivity contribution in [1.82, 2.24) is 10.2 Å². The normalized spacial score (nSPS) is 17.7. The molecule has 0 unspecified atom stereocenters. The Morgan fingerprint density at radius 3 is 2.54 bits per heavy atom.